The number of hydrogen-bond donors (Lipinski definition) is 1. The van der Waals surface area contributed by atoms with Gasteiger partial charge in [-0.3, -0.25) is 0 Å². The van der Waals surface area contributed by atoms with Gasteiger partial charge in [0.05, 0.1) is 7.11 Å². The van der Waals surface area contributed by atoms with Gasteiger partial charge in [-0.2, -0.15) is 0 Å². The maximum atomic E-state index is 5.09. The molecule has 0 aliphatic heterocycles. The van der Waals surface area contributed by atoms with Crippen LogP contribution in [0.1, 0.15) is 19.4 Å². The normalized spacial score (nSPS) is 10.5. The van der Waals surface area contributed by atoms with E-state index < -0.39 is 0 Å². The van der Waals surface area contributed by atoms with Crippen molar-refractivity contribution < 1.29 is 4.74 Å². The number of rotatable bonds is 5. The molecule has 1 N–H and O–H groups in total. The molecule has 16 heavy (non-hydrogen) atoms. The molecule has 0 aromatic heterocycles. The van der Waals surface area contributed by atoms with Crippen molar-refractivity contribution in [2.45, 2.75) is 19.9 Å². The lowest BCUT2D eigenvalue weighted by Gasteiger charge is -2.03. The highest BCUT2D eigenvalue weighted by molar-refractivity contribution is 5.85. The monoisotopic (exact) mass is 241 g/mol. The van der Waals surface area contributed by atoms with Gasteiger partial charge in [-0.1, -0.05) is 38.1 Å². The van der Waals surface area contributed by atoms with Gasteiger partial charge in [0.25, 0.3) is 0 Å². The molecule has 0 saturated heterocycles. The molecule has 0 fully saturated rings. The summed E-state index contributed by atoms with van der Waals surface area (Å²) >= 11 is 0. The fourth-order valence-electron chi connectivity index (χ4n) is 1.21. The van der Waals surface area contributed by atoms with Gasteiger partial charge < -0.3 is 10.1 Å². The zero-order chi connectivity index (χ0) is 11.1. The van der Waals surface area contributed by atoms with Crippen LogP contribution in [-0.4, -0.2) is 19.7 Å². The molecule has 0 aliphatic rings. The Labute approximate surface area is 104 Å². The van der Waals surface area contributed by atoms with Crippen molar-refractivity contribution >= 4 is 18.5 Å². The van der Waals surface area contributed by atoms with E-state index in [2.05, 4.69) is 31.3 Å². The molecule has 0 unspecified atom stereocenters. The number of ether oxygens (including phenoxy) is 1. The average Bonchev–Trinajstić information content (AvgIpc) is 2.25. The van der Waals surface area contributed by atoms with Crippen LogP contribution in [0.4, 0.5) is 0 Å². The third-order valence-electron chi connectivity index (χ3n) is 2.07. The molecule has 0 saturated carbocycles. The summed E-state index contributed by atoms with van der Waals surface area (Å²) in [5.41, 5.74) is 1.20. The third kappa shape index (κ3) is 5.79. The summed E-state index contributed by atoms with van der Waals surface area (Å²) in [6, 6.07) is 8.56. The summed E-state index contributed by atoms with van der Waals surface area (Å²) in [4.78, 5) is 0. The van der Waals surface area contributed by atoms with Crippen molar-refractivity contribution in [3.05, 3.63) is 35.9 Å². The minimum absolute atomic E-state index is 0. The van der Waals surface area contributed by atoms with Crippen molar-refractivity contribution in [1.29, 1.82) is 0 Å². The summed E-state index contributed by atoms with van der Waals surface area (Å²) in [6.45, 7) is 5.19. The fraction of sp³-hybridized carbons (Fsp3) is 0.385. The largest absolute Gasteiger partial charge is 0.497 e. The average molecular weight is 242 g/mol. The van der Waals surface area contributed by atoms with Crippen molar-refractivity contribution in [1.82, 2.24) is 5.32 Å². The van der Waals surface area contributed by atoms with Crippen LogP contribution in [0.2, 0.25) is 0 Å². The van der Waals surface area contributed by atoms with E-state index in [1.165, 1.54) is 5.56 Å². The molecule has 3 heteroatoms. The van der Waals surface area contributed by atoms with Gasteiger partial charge in [0.15, 0.2) is 0 Å². The molecule has 1 aromatic carbocycles. The SMILES string of the molecule is COc1ccc(C=CCNC(C)C)cc1.Cl. The molecule has 1 aromatic rings. The first-order chi connectivity index (χ1) is 7.22. The minimum atomic E-state index is 0. The smallest absolute Gasteiger partial charge is 0.118 e. The van der Waals surface area contributed by atoms with Crippen LogP contribution in [0, 0.1) is 0 Å². The van der Waals surface area contributed by atoms with E-state index in [0.29, 0.717) is 6.04 Å². The predicted octanol–water partition coefficient (Wildman–Crippen LogP) is 3.13. The third-order valence-corrected chi connectivity index (χ3v) is 2.07. The van der Waals surface area contributed by atoms with Gasteiger partial charge in [-0.05, 0) is 17.7 Å². The van der Waals surface area contributed by atoms with E-state index in [1.807, 2.05) is 24.3 Å². The second-order valence-corrected chi connectivity index (χ2v) is 3.74. The molecule has 0 aliphatic carbocycles. The molecular formula is C13H20ClNO. The standard InChI is InChI=1S/C13H19NO.ClH/c1-11(2)14-10-4-5-12-6-8-13(15-3)9-7-12;/h4-9,11,14H,10H2,1-3H3;1H. The lowest BCUT2D eigenvalue weighted by molar-refractivity contribution is 0.415. The first-order valence-corrected chi connectivity index (χ1v) is 5.26. The number of halogens is 1. The zero-order valence-corrected chi connectivity index (χ0v) is 10.9. The molecule has 0 spiro atoms. The van der Waals surface area contributed by atoms with Crippen molar-refractivity contribution in [2.24, 2.45) is 0 Å². The van der Waals surface area contributed by atoms with Crippen molar-refractivity contribution in [3.8, 4) is 5.75 Å². The highest BCUT2D eigenvalue weighted by Crippen LogP contribution is 2.11. The highest BCUT2D eigenvalue weighted by Gasteiger charge is 1.90. The first-order valence-electron chi connectivity index (χ1n) is 5.26. The topological polar surface area (TPSA) is 21.3 Å². The number of methoxy groups -OCH3 is 1. The molecule has 0 radical (unpaired) electrons. The lowest BCUT2D eigenvalue weighted by atomic mass is 10.2. The summed E-state index contributed by atoms with van der Waals surface area (Å²) in [5, 5.41) is 3.33. The summed E-state index contributed by atoms with van der Waals surface area (Å²) in [7, 11) is 1.68. The van der Waals surface area contributed by atoms with E-state index >= 15 is 0 Å². The Kier molecular flexibility index (Phi) is 7.69. The van der Waals surface area contributed by atoms with Crippen LogP contribution in [0.15, 0.2) is 30.3 Å². The molecule has 0 heterocycles. The summed E-state index contributed by atoms with van der Waals surface area (Å²) < 4.78 is 5.09. The number of hydrogen-bond acceptors (Lipinski definition) is 2. The van der Waals surface area contributed by atoms with Crippen LogP contribution >= 0.6 is 12.4 Å². The van der Waals surface area contributed by atoms with E-state index in [0.717, 1.165) is 12.3 Å². The molecule has 0 atom stereocenters. The van der Waals surface area contributed by atoms with Crippen LogP contribution in [-0.2, 0) is 0 Å². The van der Waals surface area contributed by atoms with Crippen LogP contribution in [0.25, 0.3) is 6.08 Å². The Hall–Kier alpha value is -0.990. The molecule has 90 valence electrons. The Morgan fingerprint density at radius 1 is 1.25 bits per heavy atom. The Morgan fingerprint density at radius 3 is 2.38 bits per heavy atom. The number of benzene rings is 1. The minimum Gasteiger partial charge on any atom is -0.497 e. The highest BCUT2D eigenvalue weighted by atomic mass is 35.5. The van der Waals surface area contributed by atoms with Gasteiger partial charge in [0, 0.05) is 12.6 Å². The number of nitrogens with one attached hydrogen (secondary N) is 1. The summed E-state index contributed by atoms with van der Waals surface area (Å²) in [6.07, 6.45) is 4.23. The van der Waals surface area contributed by atoms with Gasteiger partial charge in [0.2, 0.25) is 0 Å². The lowest BCUT2D eigenvalue weighted by Crippen LogP contribution is -2.22. The van der Waals surface area contributed by atoms with Crippen LogP contribution in [0.3, 0.4) is 0 Å². The van der Waals surface area contributed by atoms with Gasteiger partial charge in [-0.25, -0.2) is 0 Å². The van der Waals surface area contributed by atoms with Crippen LogP contribution in [0.5, 0.6) is 5.75 Å². The van der Waals surface area contributed by atoms with Crippen molar-refractivity contribution in [3.63, 3.8) is 0 Å². The van der Waals surface area contributed by atoms with E-state index in [4.69, 9.17) is 4.74 Å². The molecule has 1 rings (SSSR count). The van der Waals surface area contributed by atoms with E-state index in [9.17, 15) is 0 Å². The molecule has 2 nitrogen and oxygen atoms in total. The van der Waals surface area contributed by atoms with Crippen LogP contribution < -0.4 is 10.1 Å². The van der Waals surface area contributed by atoms with Gasteiger partial charge in [-0.15, -0.1) is 12.4 Å². The predicted molar refractivity (Wildman–Crippen MR) is 72.4 cm³/mol. The second-order valence-electron chi connectivity index (χ2n) is 3.74. The molecule has 0 bridgehead atoms. The van der Waals surface area contributed by atoms with E-state index in [1.54, 1.807) is 7.11 Å². The quantitative estimate of drug-likeness (QED) is 0.855. The van der Waals surface area contributed by atoms with Gasteiger partial charge in [0.1, 0.15) is 5.75 Å². The summed E-state index contributed by atoms with van der Waals surface area (Å²) in [5.74, 6) is 0.896. The fourth-order valence-corrected chi connectivity index (χ4v) is 1.21. The Balaban J connectivity index is 0.00000225. The zero-order valence-electron chi connectivity index (χ0n) is 10.1. The molecule has 0 amide bonds. The maximum absolute atomic E-state index is 5.09. The second kappa shape index (κ2) is 8.20. The van der Waals surface area contributed by atoms with E-state index in [-0.39, 0.29) is 12.4 Å². The molecular weight excluding hydrogens is 222 g/mol. The Bertz CT molecular complexity index is 306. The van der Waals surface area contributed by atoms with Crippen molar-refractivity contribution in [2.75, 3.05) is 13.7 Å². The maximum Gasteiger partial charge on any atom is 0.118 e. The first kappa shape index (κ1) is 15.0. The Morgan fingerprint density at radius 2 is 1.88 bits per heavy atom. The van der Waals surface area contributed by atoms with Gasteiger partial charge >= 0.3 is 0 Å².